The van der Waals surface area contributed by atoms with Gasteiger partial charge in [-0.25, -0.2) is 4.99 Å². The third kappa shape index (κ3) is 7.39. The minimum absolute atomic E-state index is 0.0964. The highest BCUT2D eigenvalue weighted by atomic mass is 32.2. The van der Waals surface area contributed by atoms with Gasteiger partial charge in [0.2, 0.25) is 0 Å². The van der Waals surface area contributed by atoms with Gasteiger partial charge < -0.3 is 25.4 Å². The second kappa shape index (κ2) is 14.0. The first kappa shape index (κ1) is 30.0. The summed E-state index contributed by atoms with van der Waals surface area (Å²) in [5.74, 6) is 1.32. The van der Waals surface area contributed by atoms with E-state index in [0.29, 0.717) is 39.5 Å². The SMILES string of the molecule is CCNc1ccc(N)cc1N=C1S/C(=C\S/C=C(/c2ccc(OC)cc2OC)N(C)C)C(=O)N1Cc1ccccc1. The molecule has 1 saturated heterocycles. The van der Waals surface area contributed by atoms with Gasteiger partial charge in [-0.2, -0.15) is 0 Å². The third-order valence-corrected chi connectivity index (χ3v) is 8.08. The average molecular weight is 590 g/mol. The summed E-state index contributed by atoms with van der Waals surface area (Å²) >= 11 is 2.79. The zero-order chi connectivity index (χ0) is 29.4. The molecule has 3 aromatic rings. The molecule has 1 amide bonds. The Labute approximate surface area is 250 Å². The molecule has 3 N–H and O–H groups in total. The largest absolute Gasteiger partial charge is 0.497 e. The van der Waals surface area contributed by atoms with E-state index in [9.17, 15) is 4.79 Å². The van der Waals surface area contributed by atoms with Crippen molar-refractivity contribution in [2.45, 2.75) is 13.5 Å². The second-order valence-electron chi connectivity index (χ2n) is 9.26. The van der Waals surface area contributed by atoms with Crippen LogP contribution in [0.15, 0.2) is 87.4 Å². The number of ether oxygens (including phenoxy) is 2. The summed E-state index contributed by atoms with van der Waals surface area (Å²) in [7, 11) is 7.21. The van der Waals surface area contributed by atoms with Crippen LogP contribution in [0.3, 0.4) is 0 Å². The molecule has 1 fully saturated rings. The predicted molar refractivity (Wildman–Crippen MR) is 174 cm³/mol. The van der Waals surface area contributed by atoms with Crippen LogP contribution in [0.4, 0.5) is 17.1 Å². The predicted octanol–water partition coefficient (Wildman–Crippen LogP) is 6.62. The van der Waals surface area contributed by atoms with Crippen molar-refractivity contribution < 1.29 is 14.3 Å². The molecule has 1 aliphatic heterocycles. The fourth-order valence-corrected chi connectivity index (χ4v) is 6.06. The highest BCUT2D eigenvalue weighted by Gasteiger charge is 2.33. The Morgan fingerprint density at radius 3 is 2.56 bits per heavy atom. The number of benzene rings is 3. The molecule has 0 aromatic heterocycles. The number of hydrogen-bond acceptors (Lipinski definition) is 9. The zero-order valence-corrected chi connectivity index (χ0v) is 25.5. The minimum atomic E-state index is -0.0964. The molecule has 0 aliphatic carbocycles. The van der Waals surface area contributed by atoms with Gasteiger partial charge in [0.1, 0.15) is 11.5 Å². The topological polar surface area (TPSA) is 92.4 Å². The number of hydrogen-bond donors (Lipinski definition) is 2. The smallest absolute Gasteiger partial charge is 0.267 e. The molecule has 0 bridgehead atoms. The van der Waals surface area contributed by atoms with Gasteiger partial charge in [0, 0.05) is 38.0 Å². The van der Waals surface area contributed by atoms with E-state index in [1.54, 1.807) is 19.1 Å². The summed E-state index contributed by atoms with van der Waals surface area (Å²) < 4.78 is 11.0. The maximum absolute atomic E-state index is 13.7. The van der Waals surface area contributed by atoms with Crippen molar-refractivity contribution in [1.29, 1.82) is 0 Å². The van der Waals surface area contributed by atoms with Gasteiger partial charge in [-0.05, 0) is 65.4 Å². The van der Waals surface area contributed by atoms with Crippen LogP contribution in [-0.2, 0) is 11.3 Å². The number of thioether (sulfide) groups is 2. The van der Waals surface area contributed by atoms with Crippen LogP contribution in [0, 0.1) is 0 Å². The third-order valence-electron chi connectivity index (χ3n) is 6.20. The molecule has 3 aromatic carbocycles. The summed E-state index contributed by atoms with van der Waals surface area (Å²) in [6.45, 7) is 3.18. The highest BCUT2D eigenvalue weighted by Crippen LogP contribution is 2.38. The molecule has 0 spiro atoms. The number of amides is 1. The first-order valence-electron chi connectivity index (χ1n) is 13.1. The number of amidine groups is 1. The van der Waals surface area contributed by atoms with Crippen molar-refractivity contribution in [3.63, 3.8) is 0 Å². The Morgan fingerprint density at radius 2 is 1.88 bits per heavy atom. The van der Waals surface area contributed by atoms with E-state index in [1.165, 1.54) is 23.5 Å². The lowest BCUT2D eigenvalue weighted by atomic mass is 10.1. The van der Waals surface area contributed by atoms with Crippen molar-refractivity contribution in [2.24, 2.45) is 4.99 Å². The van der Waals surface area contributed by atoms with Gasteiger partial charge in [0.25, 0.3) is 5.91 Å². The number of aliphatic imine (C=N–C) groups is 1. The molecule has 4 rings (SSSR count). The molecular formula is C31H35N5O3S2. The monoisotopic (exact) mass is 589 g/mol. The van der Waals surface area contributed by atoms with Crippen LogP contribution in [0.5, 0.6) is 11.5 Å². The average Bonchev–Trinajstić information content (AvgIpc) is 3.26. The van der Waals surface area contributed by atoms with Crippen LogP contribution < -0.4 is 20.5 Å². The van der Waals surface area contributed by atoms with E-state index >= 15 is 0 Å². The number of nitrogens with two attached hydrogens (primary N) is 1. The van der Waals surface area contributed by atoms with Crippen LogP contribution >= 0.6 is 23.5 Å². The molecule has 10 heteroatoms. The summed E-state index contributed by atoms with van der Waals surface area (Å²) in [4.78, 5) is 22.9. The van der Waals surface area contributed by atoms with Crippen LogP contribution in [0.1, 0.15) is 18.1 Å². The molecule has 214 valence electrons. The molecular weight excluding hydrogens is 555 g/mol. The van der Waals surface area contributed by atoms with Crippen molar-refractivity contribution in [2.75, 3.05) is 45.9 Å². The maximum atomic E-state index is 13.7. The first-order chi connectivity index (χ1) is 19.8. The van der Waals surface area contributed by atoms with Crippen molar-refractivity contribution in [3.8, 4) is 11.5 Å². The molecule has 1 heterocycles. The molecule has 1 aliphatic rings. The van der Waals surface area contributed by atoms with E-state index in [0.717, 1.165) is 29.1 Å². The minimum Gasteiger partial charge on any atom is -0.497 e. The lowest BCUT2D eigenvalue weighted by Crippen LogP contribution is -2.28. The van der Waals surface area contributed by atoms with E-state index in [-0.39, 0.29) is 5.91 Å². The zero-order valence-electron chi connectivity index (χ0n) is 23.9. The molecule has 41 heavy (non-hydrogen) atoms. The lowest BCUT2D eigenvalue weighted by molar-refractivity contribution is -0.122. The number of methoxy groups -OCH3 is 2. The number of nitrogen functional groups attached to an aromatic ring is 1. The Morgan fingerprint density at radius 1 is 1.10 bits per heavy atom. The fraction of sp³-hybridized carbons (Fsp3) is 0.226. The van der Waals surface area contributed by atoms with Crippen LogP contribution in [-0.4, -0.2) is 55.7 Å². The Kier molecular flexibility index (Phi) is 10.3. The number of nitrogens with one attached hydrogen (secondary N) is 1. The van der Waals surface area contributed by atoms with Gasteiger partial charge in [-0.15, -0.1) is 11.8 Å². The van der Waals surface area contributed by atoms with Crippen LogP contribution in [0.25, 0.3) is 5.70 Å². The van der Waals surface area contributed by atoms with Crippen molar-refractivity contribution >= 4 is 57.4 Å². The molecule has 0 saturated carbocycles. The Hall–Kier alpha value is -4.02. The second-order valence-corrected chi connectivity index (χ2v) is 11.0. The van der Waals surface area contributed by atoms with E-state index in [2.05, 4.69) is 5.32 Å². The van der Waals surface area contributed by atoms with Gasteiger partial charge in [0.15, 0.2) is 5.17 Å². The van der Waals surface area contributed by atoms with E-state index in [4.69, 9.17) is 20.2 Å². The van der Waals surface area contributed by atoms with Gasteiger partial charge in [-0.1, -0.05) is 30.3 Å². The van der Waals surface area contributed by atoms with Crippen LogP contribution in [0.2, 0.25) is 0 Å². The summed E-state index contributed by atoms with van der Waals surface area (Å²) in [5.41, 5.74) is 11.1. The molecule has 0 atom stereocenters. The number of carbonyl (C=O) groups excluding carboxylic acids is 1. The molecule has 0 unspecified atom stereocenters. The molecule has 8 nitrogen and oxygen atoms in total. The van der Waals surface area contributed by atoms with Gasteiger partial charge >= 0.3 is 0 Å². The van der Waals surface area contributed by atoms with E-state index < -0.39 is 0 Å². The lowest BCUT2D eigenvalue weighted by Gasteiger charge is -2.20. The van der Waals surface area contributed by atoms with E-state index in [1.807, 2.05) is 103 Å². The van der Waals surface area contributed by atoms with Gasteiger partial charge in [-0.3, -0.25) is 9.69 Å². The first-order valence-corrected chi connectivity index (χ1v) is 14.8. The molecule has 0 radical (unpaired) electrons. The maximum Gasteiger partial charge on any atom is 0.267 e. The Balaban J connectivity index is 1.68. The van der Waals surface area contributed by atoms with Crippen molar-refractivity contribution in [3.05, 3.63) is 93.6 Å². The van der Waals surface area contributed by atoms with Gasteiger partial charge in [0.05, 0.1) is 42.7 Å². The normalized spacial score (nSPS) is 15.5. The highest BCUT2D eigenvalue weighted by molar-refractivity contribution is 8.19. The number of nitrogens with zero attached hydrogens (tertiary/aromatic N) is 3. The fourth-order valence-electron chi connectivity index (χ4n) is 4.14. The number of carbonyl (C=O) groups is 1. The van der Waals surface area contributed by atoms with Crippen molar-refractivity contribution in [1.82, 2.24) is 9.80 Å². The Bertz CT molecular complexity index is 1470. The number of anilines is 2. The summed E-state index contributed by atoms with van der Waals surface area (Å²) in [6.07, 6.45) is 0. The summed E-state index contributed by atoms with van der Waals surface area (Å²) in [6, 6.07) is 21.2. The summed E-state index contributed by atoms with van der Waals surface area (Å²) in [5, 5.41) is 7.81. The quantitative estimate of drug-likeness (QED) is 0.191. The number of rotatable bonds is 11. The standard InChI is InChI=1S/C31H35N5O3S2/c1-6-33-25-15-12-22(32)16-26(25)34-31-36(18-21-10-8-7-9-11-21)30(37)29(41-31)20-40-19-27(35(2)3)24-14-13-23(38-4)17-28(24)39-5/h7-17,19-20,33H,6,18,32H2,1-5H3/b27-19-,29-20-,34-31?.